The molecule has 2 aliphatic rings. The van der Waals surface area contributed by atoms with Gasteiger partial charge < -0.3 is 18.9 Å². The molecule has 0 bridgehead atoms. The smallest absolute Gasteiger partial charge is 0.309 e. The average molecular weight is 460 g/mol. The van der Waals surface area contributed by atoms with Crippen LogP contribution in [0.3, 0.4) is 0 Å². The summed E-state index contributed by atoms with van der Waals surface area (Å²) in [7, 11) is 3.31. The molecule has 1 aliphatic heterocycles. The van der Waals surface area contributed by atoms with Gasteiger partial charge in [0.05, 0.1) is 25.7 Å². The van der Waals surface area contributed by atoms with E-state index in [1.807, 2.05) is 12.1 Å². The maximum absolute atomic E-state index is 12.3. The highest BCUT2D eigenvalue weighted by Crippen LogP contribution is 2.44. The van der Waals surface area contributed by atoms with Gasteiger partial charge in [0.1, 0.15) is 6.10 Å². The van der Waals surface area contributed by atoms with Gasteiger partial charge in [0.2, 0.25) is 0 Å². The van der Waals surface area contributed by atoms with E-state index in [2.05, 4.69) is 29.9 Å². The summed E-state index contributed by atoms with van der Waals surface area (Å²) in [6, 6.07) is 5.67. The summed E-state index contributed by atoms with van der Waals surface area (Å²) >= 11 is 0. The third-order valence-electron chi connectivity index (χ3n) is 6.84. The molecular weight excluding hydrogens is 422 g/mol. The van der Waals surface area contributed by atoms with E-state index in [4.69, 9.17) is 18.9 Å². The Bertz CT molecular complexity index is 835. The molecule has 0 aromatic heterocycles. The van der Waals surface area contributed by atoms with Crippen molar-refractivity contribution in [3.05, 3.63) is 34.2 Å². The number of nitrogens with zero attached hydrogens (tertiary/aromatic N) is 3. The Balaban J connectivity index is 1.68. The van der Waals surface area contributed by atoms with Gasteiger partial charge in [0.15, 0.2) is 11.5 Å². The fraction of sp³-hybridized carbons (Fsp3) is 0.720. The fourth-order valence-corrected chi connectivity index (χ4v) is 4.64. The summed E-state index contributed by atoms with van der Waals surface area (Å²) in [4.78, 5) is 15.4. The minimum atomic E-state index is -0.349. The lowest BCUT2D eigenvalue weighted by Gasteiger charge is -2.27. The largest absolute Gasteiger partial charge is 0.493 e. The number of hydrogen-bond donors (Lipinski definition) is 0. The predicted octanol–water partition coefficient (Wildman–Crippen LogP) is 5.34. The van der Waals surface area contributed by atoms with Crippen molar-refractivity contribution >= 4 is 5.97 Å². The lowest BCUT2D eigenvalue weighted by Crippen LogP contribution is -2.29. The molecule has 8 nitrogen and oxygen atoms in total. The van der Waals surface area contributed by atoms with Crippen LogP contribution in [0.2, 0.25) is 0 Å². The molecule has 0 radical (unpaired) electrons. The number of cyclic esters (lactones) is 1. The quantitative estimate of drug-likeness (QED) is 0.123. The van der Waals surface area contributed by atoms with Gasteiger partial charge in [0.25, 0.3) is 0 Å². The van der Waals surface area contributed by atoms with Crippen molar-refractivity contribution in [3.8, 4) is 11.5 Å². The predicted molar refractivity (Wildman–Crippen MR) is 125 cm³/mol. The van der Waals surface area contributed by atoms with Crippen LogP contribution in [0.15, 0.2) is 23.3 Å². The number of benzene rings is 1. The first-order chi connectivity index (χ1) is 16.0. The minimum Gasteiger partial charge on any atom is -0.493 e. The Morgan fingerprint density at radius 2 is 2.00 bits per heavy atom. The summed E-state index contributed by atoms with van der Waals surface area (Å²) in [5.41, 5.74) is 10.3. The highest BCUT2D eigenvalue weighted by atomic mass is 16.6. The van der Waals surface area contributed by atoms with Crippen LogP contribution in [0.1, 0.15) is 51.5 Å². The Kier molecular flexibility index (Phi) is 9.27. The van der Waals surface area contributed by atoms with Crippen molar-refractivity contribution in [2.24, 2.45) is 28.8 Å². The van der Waals surface area contributed by atoms with Crippen molar-refractivity contribution in [2.75, 3.05) is 27.4 Å². The van der Waals surface area contributed by atoms with Gasteiger partial charge in [-0.2, -0.15) is 0 Å². The highest BCUT2D eigenvalue weighted by molar-refractivity contribution is 5.75. The van der Waals surface area contributed by atoms with E-state index >= 15 is 0 Å². The SMILES string of the molecule is COCCCOc1cc(C[C@@H](C[C@H](N=[N+]=[N-])[C@@H]2C[C@@H](C3CC3)C(=O)O2)C(C)C)ccc1OC. The second kappa shape index (κ2) is 12.1. The molecule has 1 aliphatic carbocycles. The van der Waals surface area contributed by atoms with E-state index in [1.165, 1.54) is 0 Å². The average Bonchev–Trinajstić information content (AvgIpc) is 3.57. The zero-order chi connectivity index (χ0) is 23.8. The molecular formula is C25H37N3O5. The van der Waals surface area contributed by atoms with Crippen LogP contribution in [0.25, 0.3) is 10.4 Å². The van der Waals surface area contributed by atoms with Crippen molar-refractivity contribution in [3.63, 3.8) is 0 Å². The molecule has 1 aromatic carbocycles. The van der Waals surface area contributed by atoms with Gasteiger partial charge in [-0.15, -0.1) is 0 Å². The van der Waals surface area contributed by atoms with Crippen LogP contribution in [-0.4, -0.2) is 45.5 Å². The Morgan fingerprint density at radius 3 is 2.64 bits per heavy atom. The summed E-state index contributed by atoms with van der Waals surface area (Å²) in [6.45, 7) is 5.55. The monoisotopic (exact) mass is 459 g/mol. The Morgan fingerprint density at radius 1 is 1.21 bits per heavy atom. The maximum atomic E-state index is 12.3. The van der Waals surface area contributed by atoms with Crippen LogP contribution in [0.4, 0.5) is 0 Å². The first-order valence-corrected chi connectivity index (χ1v) is 12.0. The number of esters is 1. The highest BCUT2D eigenvalue weighted by Gasteiger charge is 2.46. The van der Waals surface area contributed by atoms with Gasteiger partial charge in [-0.1, -0.05) is 25.0 Å². The topological polar surface area (TPSA) is 103 Å². The summed E-state index contributed by atoms with van der Waals surface area (Å²) in [6.07, 6.45) is 4.82. The van der Waals surface area contributed by atoms with Gasteiger partial charge >= 0.3 is 5.97 Å². The van der Waals surface area contributed by atoms with E-state index in [-0.39, 0.29) is 30.0 Å². The molecule has 182 valence electrons. The second-order valence-electron chi connectivity index (χ2n) is 9.55. The van der Waals surface area contributed by atoms with Crippen LogP contribution < -0.4 is 9.47 Å². The van der Waals surface area contributed by atoms with Crippen LogP contribution in [-0.2, 0) is 20.7 Å². The molecule has 1 saturated carbocycles. The van der Waals surface area contributed by atoms with Crippen molar-refractivity contribution in [2.45, 2.75) is 64.5 Å². The Labute approximate surface area is 196 Å². The summed E-state index contributed by atoms with van der Waals surface area (Å²) in [5.74, 6) is 2.36. The molecule has 8 heteroatoms. The first-order valence-electron chi connectivity index (χ1n) is 12.0. The maximum Gasteiger partial charge on any atom is 0.309 e. The number of carbonyl (C=O) groups excluding carboxylic acids is 1. The van der Waals surface area contributed by atoms with Crippen molar-refractivity contribution in [1.29, 1.82) is 0 Å². The number of azide groups is 1. The second-order valence-corrected chi connectivity index (χ2v) is 9.55. The van der Waals surface area contributed by atoms with Crippen LogP contribution in [0, 0.1) is 23.7 Å². The van der Waals surface area contributed by atoms with E-state index in [0.717, 1.165) is 37.0 Å². The lowest BCUT2D eigenvalue weighted by molar-refractivity contribution is -0.145. The van der Waals surface area contributed by atoms with E-state index in [0.29, 0.717) is 43.6 Å². The molecule has 1 aromatic rings. The van der Waals surface area contributed by atoms with Crippen molar-refractivity contribution in [1.82, 2.24) is 0 Å². The minimum absolute atomic E-state index is 0.0247. The normalized spacial score (nSPS) is 21.9. The van der Waals surface area contributed by atoms with Gasteiger partial charge in [-0.25, -0.2) is 0 Å². The third-order valence-corrected chi connectivity index (χ3v) is 6.84. The molecule has 0 spiro atoms. The van der Waals surface area contributed by atoms with Crippen LogP contribution in [0.5, 0.6) is 11.5 Å². The molecule has 0 amide bonds. The Hall–Kier alpha value is -2.44. The molecule has 0 unspecified atom stereocenters. The molecule has 4 atom stereocenters. The fourth-order valence-electron chi connectivity index (χ4n) is 4.64. The summed E-state index contributed by atoms with van der Waals surface area (Å²) < 4.78 is 22.2. The molecule has 1 saturated heterocycles. The molecule has 1 heterocycles. The lowest BCUT2D eigenvalue weighted by atomic mass is 9.82. The molecule has 33 heavy (non-hydrogen) atoms. The van der Waals surface area contributed by atoms with Gasteiger partial charge in [0, 0.05) is 25.0 Å². The van der Waals surface area contributed by atoms with E-state index < -0.39 is 0 Å². The number of rotatable bonds is 14. The van der Waals surface area contributed by atoms with E-state index in [9.17, 15) is 10.3 Å². The molecule has 0 N–H and O–H groups in total. The molecule has 2 fully saturated rings. The number of ether oxygens (including phenoxy) is 4. The van der Waals surface area contributed by atoms with E-state index in [1.54, 1.807) is 14.2 Å². The van der Waals surface area contributed by atoms with Gasteiger partial charge in [-0.05, 0) is 73.1 Å². The molecule has 3 rings (SSSR count). The van der Waals surface area contributed by atoms with Crippen LogP contribution >= 0.6 is 0 Å². The number of hydrogen-bond acceptors (Lipinski definition) is 6. The van der Waals surface area contributed by atoms with Crippen molar-refractivity contribution < 1.29 is 23.7 Å². The summed E-state index contributed by atoms with van der Waals surface area (Å²) in [5, 5.41) is 4.07. The third kappa shape index (κ3) is 7.02. The first kappa shape index (κ1) is 25.2. The standard InChI is InChI=1S/C25H37N3O5/c1-16(2)19(12-17-6-9-22(31-4)24(13-17)32-11-5-10-30-3)14-21(27-28-26)23-15-20(18-7-8-18)25(29)33-23/h6,9,13,16,18-21,23H,5,7-8,10-12,14-15H2,1-4H3/t19-,20-,21-,23-/m0/s1. The zero-order valence-electron chi connectivity index (χ0n) is 20.2. The number of carbonyl (C=O) groups is 1. The number of methoxy groups -OCH3 is 2. The zero-order valence-corrected chi connectivity index (χ0v) is 20.2. The van der Waals surface area contributed by atoms with Gasteiger partial charge in [-0.3, -0.25) is 4.79 Å².